The van der Waals surface area contributed by atoms with E-state index in [-0.39, 0.29) is 17.3 Å². The number of pyridine rings is 1. The number of thioether (sulfide) groups is 1. The summed E-state index contributed by atoms with van der Waals surface area (Å²) in [6.07, 6.45) is 3.29. The zero-order valence-electron chi connectivity index (χ0n) is 22.8. The summed E-state index contributed by atoms with van der Waals surface area (Å²) in [5.41, 5.74) is 3.61. The summed E-state index contributed by atoms with van der Waals surface area (Å²) < 4.78 is 14.2. The molecule has 0 aliphatic carbocycles. The number of carbonyl (C=O) groups excluding carboxylic acids is 2. The Morgan fingerprint density at radius 1 is 1.02 bits per heavy atom. The van der Waals surface area contributed by atoms with E-state index in [1.54, 1.807) is 78.9 Å². The zero-order valence-corrected chi connectivity index (χ0v) is 25.1. The van der Waals surface area contributed by atoms with Crippen LogP contribution in [0, 0.1) is 17.1 Å². The largest absolute Gasteiger partial charge is 0.325 e. The summed E-state index contributed by atoms with van der Waals surface area (Å²) in [6.45, 7) is 1.72. The standard InChI is InChI=1S/C34H23ClFN3O2S2/c1-21(33(41)38-27-13-9-23(10-14-27)32(40)16-15-28-6-3-17-42-28)43-34-30(20-37)29(24-4-2-5-26(36)18-24)19-31(39-34)22-7-11-25(35)12-8-22/h2-19,21H,1H3,(H,38,41)/b16-15+/t21-/m1/s1. The second-order valence-electron chi connectivity index (χ2n) is 9.40. The highest BCUT2D eigenvalue weighted by Gasteiger charge is 2.22. The molecule has 9 heteroatoms. The lowest BCUT2D eigenvalue weighted by molar-refractivity contribution is -0.115. The lowest BCUT2D eigenvalue weighted by atomic mass is 9.99. The van der Waals surface area contributed by atoms with Gasteiger partial charge in [0.15, 0.2) is 5.78 Å². The highest BCUT2D eigenvalue weighted by Crippen LogP contribution is 2.36. The maximum Gasteiger partial charge on any atom is 0.237 e. The number of nitrogens with one attached hydrogen (secondary N) is 1. The Morgan fingerprint density at radius 3 is 2.47 bits per heavy atom. The van der Waals surface area contributed by atoms with Crippen LogP contribution in [0.5, 0.6) is 0 Å². The maximum atomic E-state index is 14.2. The molecular formula is C34H23ClFN3O2S2. The molecule has 2 heterocycles. The monoisotopic (exact) mass is 623 g/mol. The van der Waals surface area contributed by atoms with Gasteiger partial charge in [-0.05, 0) is 90.7 Å². The number of rotatable bonds is 9. The van der Waals surface area contributed by atoms with Gasteiger partial charge in [-0.1, -0.05) is 53.7 Å². The molecule has 0 spiro atoms. The van der Waals surface area contributed by atoms with Crippen molar-refractivity contribution in [2.75, 3.05) is 5.32 Å². The highest BCUT2D eigenvalue weighted by molar-refractivity contribution is 8.00. The number of amides is 1. The number of hydrogen-bond donors (Lipinski definition) is 1. The van der Waals surface area contributed by atoms with Crippen molar-refractivity contribution in [1.82, 2.24) is 4.98 Å². The Morgan fingerprint density at radius 2 is 1.79 bits per heavy atom. The predicted octanol–water partition coefficient (Wildman–Crippen LogP) is 9.16. The minimum Gasteiger partial charge on any atom is -0.325 e. The molecule has 0 fully saturated rings. The molecule has 5 nitrogen and oxygen atoms in total. The number of anilines is 1. The first-order chi connectivity index (χ1) is 20.8. The van der Waals surface area contributed by atoms with Crippen LogP contribution in [0.3, 0.4) is 0 Å². The first-order valence-electron chi connectivity index (χ1n) is 13.1. The Kier molecular flexibility index (Phi) is 9.48. The molecular weight excluding hydrogens is 601 g/mol. The van der Waals surface area contributed by atoms with Gasteiger partial charge in [-0.2, -0.15) is 5.26 Å². The Hall–Kier alpha value is -4.55. The molecule has 0 unspecified atom stereocenters. The van der Waals surface area contributed by atoms with Crippen molar-refractivity contribution in [3.63, 3.8) is 0 Å². The minimum absolute atomic E-state index is 0.139. The van der Waals surface area contributed by atoms with Gasteiger partial charge in [0.2, 0.25) is 5.91 Å². The van der Waals surface area contributed by atoms with Crippen LogP contribution < -0.4 is 5.32 Å². The van der Waals surface area contributed by atoms with E-state index in [0.29, 0.717) is 38.1 Å². The van der Waals surface area contributed by atoms with Crippen molar-refractivity contribution in [3.05, 3.63) is 129 Å². The van der Waals surface area contributed by atoms with Gasteiger partial charge < -0.3 is 5.32 Å². The van der Waals surface area contributed by atoms with E-state index in [1.165, 1.54) is 18.2 Å². The van der Waals surface area contributed by atoms with Crippen molar-refractivity contribution in [1.29, 1.82) is 5.26 Å². The van der Waals surface area contributed by atoms with E-state index < -0.39 is 11.1 Å². The second-order valence-corrected chi connectivity index (χ2v) is 12.1. The molecule has 2 aromatic heterocycles. The molecule has 5 aromatic rings. The van der Waals surface area contributed by atoms with Gasteiger partial charge in [0, 0.05) is 32.3 Å². The normalized spacial score (nSPS) is 11.7. The Labute approximate surface area is 261 Å². The van der Waals surface area contributed by atoms with E-state index in [1.807, 2.05) is 29.6 Å². The molecule has 0 aliphatic heterocycles. The average molecular weight is 624 g/mol. The number of thiophene rings is 1. The Balaban J connectivity index is 1.37. The SMILES string of the molecule is C[C@@H](Sc1nc(-c2ccc(Cl)cc2)cc(-c2cccc(F)c2)c1C#N)C(=O)Nc1ccc(C(=O)/C=C/c2cccs2)cc1. The number of allylic oxidation sites excluding steroid dienone is 1. The molecule has 1 atom stereocenters. The zero-order chi connectivity index (χ0) is 30.3. The van der Waals surface area contributed by atoms with Gasteiger partial charge in [-0.25, -0.2) is 9.37 Å². The van der Waals surface area contributed by atoms with Crippen molar-refractivity contribution < 1.29 is 14.0 Å². The summed E-state index contributed by atoms with van der Waals surface area (Å²) in [5.74, 6) is -0.879. The van der Waals surface area contributed by atoms with Gasteiger partial charge in [0.05, 0.1) is 16.5 Å². The topological polar surface area (TPSA) is 82.8 Å². The molecule has 1 N–H and O–H groups in total. The molecule has 0 aliphatic rings. The minimum atomic E-state index is -0.643. The second kappa shape index (κ2) is 13.6. The molecule has 5 rings (SSSR count). The quantitative estimate of drug-likeness (QED) is 0.101. The molecule has 212 valence electrons. The fraction of sp³-hybridized carbons (Fsp3) is 0.0588. The fourth-order valence-electron chi connectivity index (χ4n) is 4.19. The first-order valence-corrected chi connectivity index (χ1v) is 15.2. The van der Waals surface area contributed by atoms with E-state index in [4.69, 9.17) is 16.6 Å². The van der Waals surface area contributed by atoms with E-state index in [9.17, 15) is 19.2 Å². The first kappa shape index (κ1) is 29.9. The van der Waals surface area contributed by atoms with Crippen LogP contribution in [0.15, 0.2) is 107 Å². The van der Waals surface area contributed by atoms with Crippen LogP contribution in [0.25, 0.3) is 28.5 Å². The van der Waals surface area contributed by atoms with Crippen LogP contribution in [0.2, 0.25) is 5.02 Å². The third-order valence-electron chi connectivity index (χ3n) is 6.41. The molecule has 0 saturated heterocycles. The molecule has 0 bridgehead atoms. The number of hydrogen-bond acceptors (Lipinski definition) is 6. The third-order valence-corrected chi connectivity index (χ3v) is 8.59. The van der Waals surface area contributed by atoms with E-state index >= 15 is 0 Å². The summed E-state index contributed by atoms with van der Waals surface area (Å²) in [5, 5.41) is 15.2. The molecule has 1 amide bonds. The number of aromatic nitrogens is 1. The lowest BCUT2D eigenvalue weighted by Gasteiger charge is -2.16. The summed E-state index contributed by atoms with van der Waals surface area (Å²) >= 11 is 8.75. The van der Waals surface area contributed by atoms with Gasteiger partial charge in [0.1, 0.15) is 16.9 Å². The van der Waals surface area contributed by atoms with Crippen molar-refractivity contribution >= 4 is 58.2 Å². The summed E-state index contributed by atoms with van der Waals surface area (Å²) in [4.78, 5) is 31.4. The predicted molar refractivity (Wildman–Crippen MR) is 173 cm³/mol. The Bertz CT molecular complexity index is 1850. The van der Waals surface area contributed by atoms with E-state index in [0.717, 1.165) is 22.2 Å². The highest BCUT2D eigenvalue weighted by atomic mass is 35.5. The van der Waals surface area contributed by atoms with Crippen LogP contribution in [-0.4, -0.2) is 21.9 Å². The molecule has 0 saturated carbocycles. The van der Waals surface area contributed by atoms with Crippen LogP contribution >= 0.6 is 34.7 Å². The van der Waals surface area contributed by atoms with Gasteiger partial charge >= 0.3 is 0 Å². The number of ketones is 1. The third kappa shape index (κ3) is 7.46. The smallest absolute Gasteiger partial charge is 0.237 e. The van der Waals surface area contributed by atoms with Crippen LogP contribution in [0.1, 0.15) is 27.7 Å². The van der Waals surface area contributed by atoms with Gasteiger partial charge in [-0.3, -0.25) is 9.59 Å². The summed E-state index contributed by atoms with van der Waals surface area (Å²) in [7, 11) is 0. The lowest BCUT2D eigenvalue weighted by Crippen LogP contribution is -2.22. The average Bonchev–Trinajstić information content (AvgIpc) is 3.54. The fourth-order valence-corrected chi connectivity index (χ4v) is 5.86. The molecule has 0 radical (unpaired) electrons. The molecule has 3 aromatic carbocycles. The maximum absolute atomic E-state index is 14.2. The van der Waals surface area contributed by atoms with Crippen LogP contribution in [-0.2, 0) is 4.79 Å². The van der Waals surface area contributed by atoms with Gasteiger partial charge in [-0.15, -0.1) is 11.3 Å². The van der Waals surface area contributed by atoms with E-state index in [2.05, 4.69) is 11.4 Å². The number of nitriles is 1. The summed E-state index contributed by atoms with van der Waals surface area (Å²) in [6, 6.07) is 27.5. The van der Waals surface area contributed by atoms with Crippen molar-refractivity contribution in [3.8, 4) is 28.5 Å². The van der Waals surface area contributed by atoms with Gasteiger partial charge in [0.25, 0.3) is 0 Å². The van der Waals surface area contributed by atoms with Crippen molar-refractivity contribution in [2.24, 2.45) is 0 Å². The van der Waals surface area contributed by atoms with Crippen LogP contribution in [0.4, 0.5) is 10.1 Å². The number of nitrogens with zero attached hydrogens (tertiary/aromatic N) is 2. The number of carbonyl (C=O) groups is 2. The number of halogens is 2. The number of benzene rings is 3. The molecule has 43 heavy (non-hydrogen) atoms. The van der Waals surface area contributed by atoms with Crippen molar-refractivity contribution in [2.45, 2.75) is 17.2 Å².